The highest BCUT2D eigenvalue weighted by atomic mass is 19.4. The fraction of sp³-hybridized carbons (Fsp3) is 0.500. The molecule has 20 heavy (non-hydrogen) atoms. The second-order valence-electron chi connectivity index (χ2n) is 4.52. The Bertz CT molecular complexity index is 499. The minimum Gasteiger partial charge on any atom is -0.482 e. The number of nitro groups is 1. The van der Waals surface area contributed by atoms with Crippen LogP contribution >= 0.6 is 0 Å². The molecule has 110 valence electrons. The molecule has 0 saturated carbocycles. The predicted molar refractivity (Wildman–Crippen MR) is 64.6 cm³/mol. The highest BCUT2D eigenvalue weighted by Gasteiger charge is 2.33. The summed E-state index contributed by atoms with van der Waals surface area (Å²) in [6.45, 7) is 1.37. The van der Waals surface area contributed by atoms with Gasteiger partial charge in [0.1, 0.15) is 6.10 Å². The highest BCUT2D eigenvalue weighted by Crippen LogP contribution is 2.36. The molecule has 1 aromatic carbocycles. The molecule has 0 bridgehead atoms. The zero-order chi connectivity index (χ0) is 14.8. The SMILES string of the molecule is O=[N+]([O-])c1cc(C(F)(F)F)ccc1O[C@@H]1CCCNC1. The topological polar surface area (TPSA) is 64.4 Å². The summed E-state index contributed by atoms with van der Waals surface area (Å²) in [6, 6.07) is 2.31. The molecule has 5 nitrogen and oxygen atoms in total. The average molecular weight is 290 g/mol. The van der Waals surface area contributed by atoms with Crippen LogP contribution in [-0.4, -0.2) is 24.1 Å². The van der Waals surface area contributed by atoms with Crippen LogP contribution in [0.1, 0.15) is 18.4 Å². The van der Waals surface area contributed by atoms with E-state index in [9.17, 15) is 23.3 Å². The van der Waals surface area contributed by atoms with Gasteiger partial charge in [-0.05, 0) is 31.5 Å². The number of halogens is 3. The number of benzene rings is 1. The van der Waals surface area contributed by atoms with Crippen molar-refractivity contribution >= 4 is 5.69 Å². The van der Waals surface area contributed by atoms with Gasteiger partial charge in [-0.3, -0.25) is 10.1 Å². The Hall–Kier alpha value is -1.83. The molecule has 1 aliphatic rings. The molecule has 1 saturated heterocycles. The van der Waals surface area contributed by atoms with Crippen molar-refractivity contribution < 1.29 is 22.8 Å². The number of rotatable bonds is 3. The molecule has 2 rings (SSSR count). The molecule has 1 aliphatic heterocycles. The van der Waals surface area contributed by atoms with E-state index in [0.717, 1.165) is 25.1 Å². The Labute approximate surface area is 112 Å². The van der Waals surface area contributed by atoms with Gasteiger partial charge in [-0.1, -0.05) is 0 Å². The van der Waals surface area contributed by atoms with Crippen LogP contribution in [0.25, 0.3) is 0 Å². The number of ether oxygens (including phenoxy) is 1. The Morgan fingerprint density at radius 1 is 1.40 bits per heavy atom. The Balaban J connectivity index is 2.25. The Morgan fingerprint density at radius 2 is 2.15 bits per heavy atom. The lowest BCUT2D eigenvalue weighted by Crippen LogP contribution is -2.37. The molecule has 8 heteroatoms. The van der Waals surface area contributed by atoms with Gasteiger partial charge < -0.3 is 10.1 Å². The first kappa shape index (κ1) is 14.6. The van der Waals surface area contributed by atoms with Crippen molar-refractivity contribution in [3.05, 3.63) is 33.9 Å². The van der Waals surface area contributed by atoms with Crippen molar-refractivity contribution in [1.29, 1.82) is 0 Å². The molecule has 1 aromatic rings. The number of alkyl halides is 3. The summed E-state index contributed by atoms with van der Waals surface area (Å²) < 4.78 is 43.1. The Kier molecular flexibility index (Phi) is 4.12. The molecule has 1 N–H and O–H groups in total. The predicted octanol–water partition coefficient (Wildman–Crippen LogP) is 2.74. The third kappa shape index (κ3) is 3.38. The van der Waals surface area contributed by atoms with Gasteiger partial charge in [-0.25, -0.2) is 0 Å². The number of nitrogens with zero attached hydrogens (tertiary/aromatic N) is 1. The lowest BCUT2D eigenvalue weighted by molar-refractivity contribution is -0.386. The van der Waals surface area contributed by atoms with Crippen LogP contribution in [0.3, 0.4) is 0 Å². The van der Waals surface area contributed by atoms with E-state index in [4.69, 9.17) is 4.74 Å². The summed E-state index contributed by atoms with van der Waals surface area (Å²) in [5.41, 5.74) is -1.72. The number of hydrogen-bond donors (Lipinski definition) is 1. The van der Waals surface area contributed by atoms with Crippen molar-refractivity contribution in [3.63, 3.8) is 0 Å². The molecular weight excluding hydrogens is 277 g/mol. The zero-order valence-corrected chi connectivity index (χ0v) is 10.4. The van der Waals surface area contributed by atoms with Gasteiger partial charge in [0, 0.05) is 12.6 Å². The standard InChI is InChI=1S/C12H13F3N2O3/c13-12(14,15)8-3-4-11(10(6-8)17(18)19)20-9-2-1-5-16-7-9/h3-4,6,9,16H,1-2,5,7H2/t9-/m1/s1. The van der Waals surface area contributed by atoms with E-state index in [-0.39, 0.29) is 11.9 Å². The van der Waals surface area contributed by atoms with E-state index in [1.807, 2.05) is 0 Å². The van der Waals surface area contributed by atoms with Crippen molar-refractivity contribution in [2.75, 3.05) is 13.1 Å². The third-order valence-electron chi connectivity index (χ3n) is 3.03. The van der Waals surface area contributed by atoms with Crippen LogP contribution in [0, 0.1) is 10.1 Å². The summed E-state index contributed by atoms with van der Waals surface area (Å²) in [7, 11) is 0. The van der Waals surface area contributed by atoms with Crippen LogP contribution in [0.5, 0.6) is 5.75 Å². The van der Waals surface area contributed by atoms with E-state index in [2.05, 4.69) is 5.32 Å². The Morgan fingerprint density at radius 3 is 2.70 bits per heavy atom. The number of nitrogens with one attached hydrogen (secondary N) is 1. The molecule has 1 atom stereocenters. The van der Waals surface area contributed by atoms with Gasteiger partial charge in [0.2, 0.25) is 0 Å². The first-order chi connectivity index (χ1) is 9.38. The normalized spacial score (nSPS) is 19.6. The van der Waals surface area contributed by atoms with E-state index in [1.54, 1.807) is 0 Å². The van der Waals surface area contributed by atoms with Crippen molar-refractivity contribution in [1.82, 2.24) is 5.32 Å². The highest BCUT2D eigenvalue weighted by molar-refractivity contribution is 5.49. The first-order valence-electron chi connectivity index (χ1n) is 6.11. The van der Waals surface area contributed by atoms with Crippen LogP contribution in [-0.2, 0) is 6.18 Å². The molecule has 0 amide bonds. The monoisotopic (exact) mass is 290 g/mol. The summed E-state index contributed by atoms with van der Waals surface area (Å²) in [4.78, 5) is 10.0. The number of piperidine rings is 1. The van der Waals surface area contributed by atoms with Gasteiger partial charge in [-0.2, -0.15) is 13.2 Å². The summed E-state index contributed by atoms with van der Waals surface area (Å²) in [6.07, 6.45) is -3.31. The van der Waals surface area contributed by atoms with Gasteiger partial charge in [-0.15, -0.1) is 0 Å². The fourth-order valence-corrected chi connectivity index (χ4v) is 2.04. The molecule has 0 radical (unpaired) electrons. The molecule has 0 unspecified atom stereocenters. The quantitative estimate of drug-likeness (QED) is 0.686. The fourth-order valence-electron chi connectivity index (χ4n) is 2.04. The molecule has 1 fully saturated rings. The van der Waals surface area contributed by atoms with Crippen LogP contribution in [0.2, 0.25) is 0 Å². The average Bonchev–Trinajstić information content (AvgIpc) is 2.38. The number of nitro benzene ring substituents is 1. The van der Waals surface area contributed by atoms with Gasteiger partial charge in [0.25, 0.3) is 0 Å². The van der Waals surface area contributed by atoms with Gasteiger partial charge in [0.15, 0.2) is 5.75 Å². The molecule has 0 aliphatic carbocycles. The maximum atomic E-state index is 12.5. The van der Waals surface area contributed by atoms with Gasteiger partial charge >= 0.3 is 11.9 Å². The first-order valence-corrected chi connectivity index (χ1v) is 6.11. The van der Waals surface area contributed by atoms with Crippen molar-refractivity contribution in [3.8, 4) is 5.75 Å². The third-order valence-corrected chi connectivity index (χ3v) is 3.03. The van der Waals surface area contributed by atoms with E-state index >= 15 is 0 Å². The summed E-state index contributed by atoms with van der Waals surface area (Å²) in [5.74, 6) is -0.128. The molecular formula is C12H13F3N2O3. The smallest absolute Gasteiger partial charge is 0.416 e. The van der Waals surface area contributed by atoms with Crippen molar-refractivity contribution in [2.45, 2.75) is 25.1 Å². The maximum absolute atomic E-state index is 12.5. The minimum absolute atomic E-state index is 0.128. The van der Waals surface area contributed by atoms with Crippen LogP contribution < -0.4 is 10.1 Å². The summed E-state index contributed by atoms with van der Waals surface area (Å²) >= 11 is 0. The van der Waals surface area contributed by atoms with E-state index < -0.39 is 22.4 Å². The second-order valence-corrected chi connectivity index (χ2v) is 4.52. The van der Waals surface area contributed by atoms with E-state index in [1.165, 1.54) is 0 Å². The largest absolute Gasteiger partial charge is 0.482 e. The molecule has 1 heterocycles. The maximum Gasteiger partial charge on any atom is 0.416 e. The summed E-state index contributed by atoms with van der Waals surface area (Å²) in [5, 5.41) is 13.9. The molecule has 0 spiro atoms. The molecule has 0 aromatic heterocycles. The number of hydrogen-bond acceptors (Lipinski definition) is 4. The van der Waals surface area contributed by atoms with Gasteiger partial charge in [0.05, 0.1) is 10.5 Å². The van der Waals surface area contributed by atoms with Crippen LogP contribution in [0.15, 0.2) is 18.2 Å². The van der Waals surface area contributed by atoms with E-state index in [0.29, 0.717) is 19.0 Å². The lowest BCUT2D eigenvalue weighted by atomic mass is 10.1. The lowest BCUT2D eigenvalue weighted by Gasteiger charge is -2.23. The zero-order valence-electron chi connectivity index (χ0n) is 10.4. The second kappa shape index (κ2) is 5.66. The van der Waals surface area contributed by atoms with Crippen LogP contribution in [0.4, 0.5) is 18.9 Å². The van der Waals surface area contributed by atoms with Crippen molar-refractivity contribution in [2.24, 2.45) is 0 Å². The minimum atomic E-state index is -4.62.